The van der Waals surface area contributed by atoms with Crippen LogP contribution >= 0.6 is 23.2 Å². The first-order valence-corrected chi connectivity index (χ1v) is 8.24. The van der Waals surface area contributed by atoms with E-state index < -0.39 is 0 Å². The molecule has 23 heavy (non-hydrogen) atoms. The lowest BCUT2D eigenvalue weighted by molar-refractivity contribution is 0.194. The van der Waals surface area contributed by atoms with Crippen LogP contribution in [0.15, 0.2) is 48.5 Å². The first-order valence-electron chi connectivity index (χ1n) is 7.48. The lowest BCUT2D eigenvalue weighted by Gasteiger charge is -2.26. The molecule has 0 aliphatic carbocycles. The molecule has 0 radical (unpaired) electrons. The van der Waals surface area contributed by atoms with Gasteiger partial charge in [0.1, 0.15) is 0 Å². The van der Waals surface area contributed by atoms with Gasteiger partial charge in [0.05, 0.1) is 6.04 Å². The average Bonchev–Trinajstić information content (AvgIpc) is 2.54. The summed E-state index contributed by atoms with van der Waals surface area (Å²) in [5.41, 5.74) is 2.07. The predicted molar refractivity (Wildman–Crippen MR) is 96.2 cm³/mol. The number of hydrogen-bond acceptors (Lipinski definition) is 1. The minimum atomic E-state index is -0.142. The van der Waals surface area contributed by atoms with Crippen LogP contribution in [0.4, 0.5) is 4.79 Å². The molecule has 0 aromatic heterocycles. The second-order valence-electron chi connectivity index (χ2n) is 5.42. The highest BCUT2D eigenvalue weighted by Crippen LogP contribution is 2.28. The molecule has 0 saturated carbocycles. The second-order valence-corrected chi connectivity index (χ2v) is 6.26. The van der Waals surface area contributed by atoms with Gasteiger partial charge in [-0.15, -0.1) is 0 Å². The van der Waals surface area contributed by atoms with Crippen molar-refractivity contribution in [3.05, 3.63) is 69.7 Å². The largest absolute Gasteiger partial charge is 0.338 e. The summed E-state index contributed by atoms with van der Waals surface area (Å²) in [6.45, 7) is 2.53. The maximum Gasteiger partial charge on any atom is 0.317 e. The fourth-order valence-corrected chi connectivity index (χ4v) is 2.87. The highest BCUT2D eigenvalue weighted by Gasteiger charge is 2.19. The molecule has 1 N–H and O–H groups in total. The van der Waals surface area contributed by atoms with Crippen molar-refractivity contribution in [3.63, 3.8) is 0 Å². The smallest absolute Gasteiger partial charge is 0.317 e. The van der Waals surface area contributed by atoms with Crippen LogP contribution in [0.25, 0.3) is 0 Å². The van der Waals surface area contributed by atoms with E-state index in [-0.39, 0.29) is 12.1 Å². The number of halogens is 2. The van der Waals surface area contributed by atoms with E-state index in [1.807, 2.05) is 43.3 Å². The first-order chi connectivity index (χ1) is 11.0. The van der Waals surface area contributed by atoms with Gasteiger partial charge in [0.25, 0.3) is 0 Å². The number of amides is 2. The topological polar surface area (TPSA) is 32.3 Å². The summed E-state index contributed by atoms with van der Waals surface area (Å²) >= 11 is 12.1. The van der Waals surface area contributed by atoms with E-state index in [9.17, 15) is 4.79 Å². The van der Waals surface area contributed by atoms with Crippen molar-refractivity contribution in [3.8, 4) is 0 Å². The van der Waals surface area contributed by atoms with Crippen molar-refractivity contribution in [1.82, 2.24) is 10.2 Å². The molecular weight excluding hydrogens is 331 g/mol. The van der Waals surface area contributed by atoms with Gasteiger partial charge in [-0.3, -0.25) is 0 Å². The van der Waals surface area contributed by atoms with Crippen LogP contribution < -0.4 is 5.32 Å². The van der Waals surface area contributed by atoms with Crippen LogP contribution in [0.3, 0.4) is 0 Å². The summed E-state index contributed by atoms with van der Waals surface area (Å²) in [5.74, 6) is 0. The SMILES string of the molecule is CC(c1ccc(Cl)cc1Cl)N(C)C(=O)NCCc1ccccc1. The van der Waals surface area contributed by atoms with Crippen LogP contribution in [0.1, 0.15) is 24.1 Å². The van der Waals surface area contributed by atoms with Gasteiger partial charge < -0.3 is 10.2 Å². The number of nitrogens with zero attached hydrogens (tertiary/aromatic N) is 1. The first kappa shape index (κ1) is 17.6. The number of urea groups is 1. The van der Waals surface area contributed by atoms with Crippen molar-refractivity contribution >= 4 is 29.2 Å². The minimum Gasteiger partial charge on any atom is -0.338 e. The molecule has 0 saturated heterocycles. The van der Waals surface area contributed by atoms with E-state index >= 15 is 0 Å². The molecule has 0 aliphatic heterocycles. The Hall–Kier alpha value is -1.71. The van der Waals surface area contributed by atoms with Gasteiger partial charge in [-0.25, -0.2) is 4.79 Å². The zero-order valence-electron chi connectivity index (χ0n) is 13.2. The van der Waals surface area contributed by atoms with E-state index in [1.54, 1.807) is 24.1 Å². The normalized spacial score (nSPS) is 11.8. The Bertz CT molecular complexity index is 661. The molecule has 0 bridgehead atoms. The van der Waals surface area contributed by atoms with Crippen LogP contribution in [0.2, 0.25) is 10.0 Å². The summed E-state index contributed by atoms with van der Waals surface area (Å²) in [6, 6.07) is 15.1. The molecule has 2 amide bonds. The molecule has 122 valence electrons. The van der Waals surface area contributed by atoms with Crippen molar-refractivity contribution in [2.24, 2.45) is 0 Å². The Kier molecular flexibility index (Phi) is 6.31. The molecule has 5 heteroatoms. The van der Waals surface area contributed by atoms with Crippen molar-refractivity contribution in [1.29, 1.82) is 0 Å². The molecule has 0 aliphatic rings. The summed E-state index contributed by atoms with van der Waals surface area (Å²) in [7, 11) is 1.76. The number of rotatable bonds is 5. The van der Waals surface area contributed by atoms with Gasteiger partial charge >= 0.3 is 6.03 Å². The zero-order valence-corrected chi connectivity index (χ0v) is 14.7. The van der Waals surface area contributed by atoms with E-state index in [4.69, 9.17) is 23.2 Å². The van der Waals surface area contributed by atoms with Crippen molar-refractivity contribution in [2.75, 3.05) is 13.6 Å². The molecule has 0 fully saturated rings. The molecule has 1 unspecified atom stereocenters. The van der Waals surface area contributed by atoms with E-state index in [0.717, 1.165) is 12.0 Å². The Morgan fingerprint density at radius 2 is 1.87 bits per heavy atom. The number of carbonyl (C=O) groups is 1. The van der Waals surface area contributed by atoms with Gasteiger partial charge in [-0.05, 0) is 36.6 Å². The maximum atomic E-state index is 12.3. The maximum absolute atomic E-state index is 12.3. The third-order valence-electron chi connectivity index (χ3n) is 3.85. The summed E-state index contributed by atoms with van der Waals surface area (Å²) in [6.07, 6.45) is 0.802. The van der Waals surface area contributed by atoms with Gasteiger partial charge in [0, 0.05) is 23.6 Å². The predicted octanol–water partition coefficient (Wildman–Crippen LogP) is 4.94. The molecule has 1 atom stereocenters. The Labute approximate surface area is 147 Å². The third-order valence-corrected chi connectivity index (χ3v) is 4.41. The number of hydrogen-bond donors (Lipinski definition) is 1. The molecular formula is C18H20Cl2N2O. The average molecular weight is 351 g/mol. The van der Waals surface area contributed by atoms with Crippen LogP contribution in [0, 0.1) is 0 Å². The van der Waals surface area contributed by atoms with Gasteiger partial charge in [-0.1, -0.05) is 59.6 Å². The molecule has 2 aromatic carbocycles. The summed E-state index contributed by atoms with van der Waals surface area (Å²) in [5, 5.41) is 4.08. The molecule has 0 heterocycles. The van der Waals surface area contributed by atoms with Gasteiger partial charge in [-0.2, -0.15) is 0 Å². The molecule has 2 rings (SSSR count). The number of benzene rings is 2. The summed E-state index contributed by atoms with van der Waals surface area (Å²) in [4.78, 5) is 13.9. The Balaban J connectivity index is 1.91. The number of carbonyl (C=O) groups excluding carboxylic acids is 1. The third kappa shape index (κ3) is 4.88. The van der Waals surface area contributed by atoms with Crippen LogP contribution in [0.5, 0.6) is 0 Å². The Morgan fingerprint density at radius 3 is 2.52 bits per heavy atom. The van der Waals surface area contributed by atoms with Gasteiger partial charge in [0.2, 0.25) is 0 Å². The van der Waals surface area contributed by atoms with E-state index in [2.05, 4.69) is 5.32 Å². The highest BCUT2D eigenvalue weighted by atomic mass is 35.5. The Morgan fingerprint density at radius 1 is 1.17 bits per heavy atom. The number of nitrogens with one attached hydrogen (secondary N) is 1. The lowest BCUT2D eigenvalue weighted by Crippen LogP contribution is -2.39. The fraction of sp³-hybridized carbons (Fsp3) is 0.278. The standard InChI is InChI=1S/C18H20Cl2N2O/c1-13(16-9-8-15(19)12-17(16)20)22(2)18(23)21-11-10-14-6-4-3-5-7-14/h3-9,12-13H,10-11H2,1-2H3,(H,21,23). The lowest BCUT2D eigenvalue weighted by atomic mass is 10.1. The van der Waals surface area contributed by atoms with Crippen molar-refractivity contribution in [2.45, 2.75) is 19.4 Å². The van der Waals surface area contributed by atoms with E-state index in [1.165, 1.54) is 5.56 Å². The molecule has 0 spiro atoms. The zero-order chi connectivity index (χ0) is 16.8. The molecule has 3 nitrogen and oxygen atoms in total. The second kappa shape index (κ2) is 8.23. The molecule has 2 aromatic rings. The van der Waals surface area contributed by atoms with Crippen LogP contribution in [-0.4, -0.2) is 24.5 Å². The van der Waals surface area contributed by atoms with E-state index in [0.29, 0.717) is 16.6 Å². The summed E-state index contributed by atoms with van der Waals surface area (Å²) < 4.78 is 0. The van der Waals surface area contributed by atoms with Crippen LogP contribution in [-0.2, 0) is 6.42 Å². The highest BCUT2D eigenvalue weighted by molar-refractivity contribution is 6.35. The fourth-order valence-electron chi connectivity index (χ4n) is 2.31. The minimum absolute atomic E-state index is 0.126. The quantitative estimate of drug-likeness (QED) is 0.813. The monoisotopic (exact) mass is 350 g/mol. The van der Waals surface area contributed by atoms with Crippen molar-refractivity contribution < 1.29 is 4.79 Å². The van der Waals surface area contributed by atoms with Gasteiger partial charge in [0.15, 0.2) is 0 Å².